The summed E-state index contributed by atoms with van der Waals surface area (Å²) in [6, 6.07) is 168. The monoisotopic (exact) mass is 1570 g/mol. The summed E-state index contributed by atoms with van der Waals surface area (Å²) in [7, 11) is 0. The molecule has 0 N–H and O–H groups in total. The molecule has 121 heavy (non-hydrogen) atoms. The first-order valence-corrected chi connectivity index (χ1v) is 43.3. The summed E-state index contributed by atoms with van der Waals surface area (Å²) in [5.74, 6) is 0. The zero-order valence-electron chi connectivity index (χ0n) is 66.0. The van der Waals surface area contributed by atoms with Crippen LogP contribution in [0.15, 0.2) is 455 Å². The fourth-order valence-electron chi connectivity index (χ4n) is 20.7. The highest BCUT2D eigenvalue weighted by Crippen LogP contribution is 2.67. The largest absolute Gasteiger partial charge is 0.310 e. The molecule has 2 aromatic heterocycles. The van der Waals surface area contributed by atoms with E-state index in [1.165, 1.54) is 157 Å². The van der Waals surface area contributed by atoms with Gasteiger partial charge in [0.25, 0.3) is 0 Å². The van der Waals surface area contributed by atoms with Crippen LogP contribution in [0, 0.1) is 0 Å². The van der Waals surface area contributed by atoms with Crippen LogP contribution in [0.1, 0.15) is 44.5 Å². The van der Waals surface area contributed by atoms with Crippen molar-refractivity contribution in [3.05, 3.63) is 499 Å². The van der Waals surface area contributed by atoms with E-state index in [0.717, 1.165) is 56.7 Å². The van der Waals surface area contributed by atoms with Gasteiger partial charge in [0.2, 0.25) is 0 Å². The van der Waals surface area contributed by atoms with Crippen LogP contribution in [0.4, 0.5) is 51.2 Å². The van der Waals surface area contributed by atoms with E-state index in [1.54, 1.807) is 0 Å². The molecular weight excluding hydrogens is 1500 g/mol. The number of nitrogens with zero attached hydrogens (tertiary/aromatic N) is 3. The molecule has 0 radical (unpaired) electrons. The van der Waals surface area contributed by atoms with Crippen molar-refractivity contribution in [3.8, 4) is 77.9 Å². The van der Waals surface area contributed by atoms with Gasteiger partial charge in [0.15, 0.2) is 0 Å². The summed E-state index contributed by atoms with van der Waals surface area (Å²) in [6.45, 7) is 0. The second-order valence-electron chi connectivity index (χ2n) is 32.0. The van der Waals surface area contributed by atoms with Crippen molar-refractivity contribution in [3.63, 3.8) is 0 Å². The molecule has 566 valence electrons. The number of anilines is 9. The Morgan fingerprint density at radius 2 is 0.463 bits per heavy atom. The Labute approximate surface area is 711 Å². The Morgan fingerprint density at radius 3 is 0.909 bits per heavy atom. The van der Waals surface area contributed by atoms with Gasteiger partial charge in [-0.1, -0.05) is 334 Å². The first kappa shape index (κ1) is 70.2. The zero-order valence-corrected chi connectivity index (χ0v) is 67.6. The number of hydrogen-bond donors (Lipinski definition) is 0. The lowest BCUT2D eigenvalue weighted by Crippen LogP contribution is -2.25. The van der Waals surface area contributed by atoms with Crippen molar-refractivity contribution in [2.75, 3.05) is 14.7 Å². The molecule has 21 aromatic rings. The van der Waals surface area contributed by atoms with E-state index in [2.05, 4.69) is 470 Å². The van der Waals surface area contributed by atoms with Gasteiger partial charge in [0, 0.05) is 103 Å². The van der Waals surface area contributed by atoms with Gasteiger partial charge in [-0.25, -0.2) is 0 Å². The molecule has 2 spiro atoms. The van der Waals surface area contributed by atoms with Crippen LogP contribution in [-0.2, 0) is 10.8 Å². The third kappa shape index (κ3) is 11.0. The van der Waals surface area contributed by atoms with E-state index in [-0.39, 0.29) is 0 Å². The van der Waals surface area contributed by atoms with Gasteiger partial charge in [-0.15, -0.1) is 22.7 Å². The van der Waals surface area contributed by atoms with E-state index in [9.17, 15) is 0 Å². The van der Waals surface area contributed by atoms with Crippen LogP contribution >= 0.6 is 22.7 Å². The maximum atomic E-state index is 2.52. The Morgan fingerprint density at radius 1 is 0.157 bits per heavy atom. The molecule has 2 heterocycles. The lowest BCUT2D eigenvalue weighted by Gasteiger charge is -2.31. The fraction of sp³-hybridized carbons (Fsp3) is 0.0172. The zero-order chi connectivity index (χ0) is 79.7. The SMILES string of the molecule is c1ccc(-c2ccc(N(c3ccc(-c4ccccc4)cc3)c3ccc4c(c3)-c3ccccc3C43c4ccccc4-c4c3ccc3c4sc4ccccc43)cc2)cc1.c1ccc(N(c2ccccc2)c2cc(-c3ccc4c(c3)C3(c5ccccc5-4)c4ccccc4-c4c3ccc3c4sc4ccccc43)cc(N(c3ccccc3)c3ccccc3)c2)cc1. The van der Waals surface area contributed by atoms with Crippen molar-refractivity contribution in [1.82, 2.24) is 0 Å². The van der Waals surface area contributed by atoms with Crippen LogP contribution in [0.25, 0.3) is 118 Å². The summed E-state index contributed by atoms with van der Waals surface area (Å²) in [5.41, 5.74) is 37.6. The molecule has 25 rings (SSSR count). The molecule has 0 aliphatic heterocycles. The average Bonchev–Trinajstić information content (AvgIpc) is 1.51. The lowest BCUT2D eigenvalue weighted by molar-refractivity contribution is 0.794. The minimum Gasteiger partial charge on any atom is -0.310 e. The summed E-state index contributed by atoms with van der Waals surface area (Å²) in [6.07, 6.45) is 0. The molecule has 5 heteroatoms. The van der Waals surface area contributed by atoms with Crippen LogP contribution in [-0.4, -0.2) is 0 Å². The van der Waals surface area contributed by atoms with E-state index in [0.29, 0.717) is 0 Å². The van der Waals surface area contributed by atoms with Gasteiger partial charge < -0.3 is 14.7 Å². The van der Waals surface area contributed by atoms with Gasteiger partial charge in [-0.2, -0.15) is 0 Å². The second-order valence-corrected chi connectivity index (χ2v) is 34.1. The van der Waals surface area contributed by atoms with Crippen molar-refractivity contribution < 1.29 is 0 Å². The molecule has 0 bridgehead atoms. The van der Waals surface area contributed by atoms with E-state index in [4.69, 9.17) is 0 Å². The third-order valence-electron chi connectivity index (χ3n) is 25.7. The molecule has 0 fully saturated rings. The van der Waals surface area contributed by atoms with Crippen molar-refractivity contribution in [2.24, 2.45) is 0 Å². The average molecular weight is 1580 g/mol. The fourth-order valence-corrected chi connectivity index (χ4v) is 23.2. The molecule has 0 amide bonds. The molecule has 0 saturated carbocycles. The number of benzene rings is 19. The molecule has 2 atom stereocenters. The second kappa shape index (κ2) is 28.4. The first-order chi connectivity index (χ1) is 60.0. The van der Waals surface area contributed by atoms with E-state index >= 15 is 0 Å². The topological polar surface area (TPSA) is 9.72 Å². The molecule has 2 unspecified atom stereocenters. The predicted octanol–water partition coefficient (Wildman–Crippen LogP) is 32.2. The number of thiophene rings is 2. The van der Waals surface area contributed by atoms with Crippen molar-refractivity contribution in [1.29, 1.82) is 0 Å². The summed E-state index contributed by atoms with van der Waals surface area (Å²) >= 11 is 3.86. The minimum absolute atomic E-state index is 0.416. The Bertz CT molecular complexity index is 7370. The van der Waals surface area contributed by atoms with Crippen molar-refractivity contribution >= 4 is 114 Å². The molecular formula is C116H75N3S2. The smallest absolute Gasteiger partial charge is 0.0726 e. The van der Waals surface area contributed by atoms with Gasteiger partial charge in [-0.3, -0.25) is 0 Å². The standard InChI is InChI=1S/C61H40N2S.C55H35NS/c1-5-19-43(20-6-1)62(44-21-7-2-8-22-44)47-37-42(38-48(40-47)63(45-23-9-3-10-24-45)46-25-11-4-12-26-46)41-33-34-50-49-27-13-16-30-54(49)61(57(50)39-41)55-31-17-14-29-53(55)59-56(61)36-35-52-51-28-15-18-32-58(51)64-60(52)59;1-3-13-36(14-4-1)38-23-27-40(28-24-38)56(41-29-25-39(26-30-41)37-15-5-2-6-16-37)42-31-33-50-47(35-42)43-17-7-10-20-48(43)55(50)49-21-11-8-19-46(49)53-51(55)34-32-45-44-18-9-12-22-52(44)57-54(45)53/h1-40H;1-35H. The van der Waals surface area contributed by atoms with Gasteiger partial charge >= 0.3 is 0 Å². The van der Waals surface area contributed by atoms with Crippen molar-refractivity contribution in [2.45, 2.75) is 10.8 Å². The predicted molar refractivity (Wildman–Crippen MR) is 512 cm³/mol. The number of para-hydroxylation sites is 4. The first-order valence-electron chi connectivity index (χ1n) is 41.7. The Hall–Kier alpha value is -15.0. The highest BCUT2D eigenvalue weighted by molar-refractivity contribution is 7.26. The summed E-state index contributed by atoms with van der Waals surface area (Å²) < 4.78 is 5.41. The minimum atomic E-state index is -0.487. The summed E-state index contributed by atoms with van der Waals surface area (Å²) in [4.78, 5) is 7.17. The lowest BCUT2D eigenvalue weighted by atomic mass is 9.70. The number of hydrogen-bond acceptors (Lipinski definition) is 5. The van der Waals surface area contributed by atoms with Gasteiger partial charge in [-0.05, 0) is 233 Å². The molecule has 4 aliphatic rings. The van der Waals surface area contributed by atoms with Gasteiger partial charge in [0.05, 0.1) is 10.8 Å². The maximum Gasteiger partial charge on any atom is 0.0726 e. The molecule has 0 saturated heterocycles. The normalized spacial score (nSPS) is 14.5. The Kier molecular flexibility index (Phi) is 16.5. The van der Waals surface area contributed by atoms with Gasteiger partial charge in [0.1, 0.15) is 0 Å². The van der Waals surface area contributed by atoms with Crippen LogP contribution < -0.4 is 14.7 Å². The number of fused-ring (bicyclic) bond motifs is 28. The third-order valence-corrected chi connectivity index (χ3v) is 28.1. The summed E-state index contributed by atoms with van der Waals surface area (Å²) in [5, 5.41) is 5.34. The highest BCUT2D eigenvalue weighted by Gasteiger charge is 2.54. The van der Waals surface area contributed by atoms with Crippen LogP contribution in [0.5, 0.6) is 0 Å². The molecule has 3 nitrogen and oxygen atoms in total. The highest BCUT2D eigenvalue weighted by atomic mass is 32.1. The molecule has 4 aliphatic carbocycles. The van der Waals surface area contributed by atoms with E-state index in [1.807, 2.05) is 22.7 Å². The van der Waals surface area contributed by atoms with E-state index < -0.39 is 10.8 Å². The van der Waals surface area contributed by atoms with Crippen LogP contribution in [0.3, 0.4) is 0 Å². The Balaban J connectivity index is 0.000000138. The number of rotatable bonds is 12. The van der Waals surface area contributed by atoms with Crippen LogP contribution in [0.2, 0.25) is 0 Å². The molecule has 19 aromatic carbocycles. The maximum absolute atomic E-state index is 2.52. The quantitative estimate of drug-likeness (QED) is 0.121.